The second-order valence-electron chi connectivity index (χ2n) is 5.83. The summed E-state index contributed by atoms with van der Waals surface area (Å²) in [6.07, 6.45) is 1.52. The molecule has 8 nitrogen and oxygen atoms in total. The first-order valence-corrected chi connectivity index (χ1v) is 8.10. The maximum absolute atomic E-state index is 10.9. The molecule has 1 N–H and O–H groups in total. The van der Waals surface area contributed by atoms with E-state index in [2.05, 4.69) is 15.1 Å². The van der Waals surface area contributed by atoms with Gasteiger partial charge in [0, 0.05) is 36.5 Å². The van der Waals surface area contributed by atoms with Gasteiger partial charge >= 0.3 is 0 Å². The Morgan fingerprint density at radius 3 is 2.67 bits per heavy atom. The molecule has 0 aliphatic heterocycles. The van der Waals surface area contributed by atoms with Crippen molar-refractivity contribution < 1.29 is 10.0 Å². The molecule has 1 aromatic heterocycles. The number of hydrogen-bond acceptors (Lipinski definition) is 7. The Balaban J connectivity index is 1.89. The molecule has 8 heteroatoms. The number of nitrogens with zero attached hydrogens (tertiary/aromatic N) is 5. The lowest BCUT2D eigenvalue weighted by atomic mass is 10.2. The highest BCUT2D eigenvalue weighted by Crippen LogP contribution is 2.27. The molecule has 0 saturated heterocycles. The number of anilines is 1. The van der Waals surface area contributed by atoms with Crippen LogP contribution in [0, 0.1) is 17.0 Å². The molecule has 0 radical (unpaired) electrons. The van der Waals surface area contributed by atoms with Crippen molar-refractivity contribution in [3.63, 3.8) is 0 Å². The minimum atomic E-state index is -0.451. The van der Waals surface area contributed by atoms with Gasteiger partial charge < -0.3 is 5.11 Å². The van der Waals surface area contributed by atoms with Crippen molar-refractivity contribution in [3.05, 3.63) is 76.0 Å². The molecule has 0 atom stereocenters. The number of nitro groups is 1. The molecule has 136 valence electrons. The number of non-ortho nitro benzene ring substituents is 1. The summed E-state index contributed by atoms with van der Waals surface area (Å²) in [7, 11) is 1.71. The molecular formula is C19H17N5O3. The van der Waals surface area contributed by atoms with Crippen LogP contribution in [0.1, 0.15) is 11.3 Å². The van der Waals surface area contributed by atoms with E-state index in [9.17, 15) is 15.2 Å². The molecule has 0 spiro atoms. The van der Waals surface area contributed by atoms with E-state index in [0.29, 0.717) is 22.8 Å². The Labute approximate surface area is 155 Å². The molecule has 2 aromatic carbocycles. The molecule has 0 unspecified atom stereocenters. The van der Waals surface area contributed by atoms with Gasteiger partial charge in [0.25, 0.3) is 5.69 Å². The summed E-state index contributed by atoms with van der Waals surface area (Å²) in [5, 5.41) is 26.7. The largest absolute Gasteiger partial charge is 0.507 e. The maximum atomic E-state index is 10.9. The molecule has 1 heterocycles. The van der Waals surface area contributed by atoms with E-state index in [4.69, 9.17) is 0 Å². The molecule has 27 heavy (non-hydrogen) atoms. The van der Waals surface area contributed by atoms with Crippen molar-refractivity contribution >= 4 is 17.7 Å². The topological polar surface area (TPSA) is 105 Å². The second kappa shape index (κ2) is 7.61. The zero-order valence-electron chi connectivity index (χ0n) is 14.8. The van der Waals surface area contributed by atoms with Gasteiger partial charge in [-0.15, -0.1) is 0 Å². The Hall–Kier alpha value is -3.81. The number of aryl methyl sites for hydroxylation is 1. The number of hydrogen-bond donors (Lipinski definition) is 1. The van der Waals surface area contributed by atoms with Gasteiger partial charge in [-0.25, -0.2) is 9.97 Å². The number of para-hydroxylation sites is 1. The molecular weight excluding hydrogens is 346 g/mol. The van der Waals surface area contributed by atoms with E-state index in [1.54, 1.807) is 49.5 Å². The highest BCUT2D eigenvalue weighted by Gasteiger charge is 2.11. The first-order chi connectivity index (χ1) is 12.9. The number of aromatic nitrogens is 2. The van der Waals surface area contributed by atoms with Crippen LogP contribution in [-0.2, 0) is 0 Å². The maximum Gasteiger partial charge on any atom is 0.270 e. The smallest absolute Gasteiger partial charge is 0.270 e. The summed E-state index contributed by atoms with van der Waals surface area (Å²) in [5.74, 6) is 1.01. The number of benzene rings is 2. The number of phenols is 1. The van der Waals surface area contributed by atoms with Crippen LogP contribution in [-0.4, -0.2) is 33.3 Å². The SMILES string of the molecule is Cc1cc(N(C)/N=C/c2cccc([N+](=O)[O-])c2)nc(-c2ccccc2O)n1. The average molecular weight is 363 g/mol. The zero-order valence-corrected chi connectivity index (χ0v) is 14.8. The summed E-state index contributed by atoms with van der Waals surface area (Å²) in [5.41, 5.74) is 1.85. The van der Waals surface area contributed by atoms with Crippen molar-refractivity contribution in [2.24, 2.45) is 5.10 Å². The van der Waals surface area contributed by atoms with E-state index in [-0.39, 0.29) is 11.4 Å². The molecule has 0 aliphatic carbocycles. The van der Waals surface area contributed by atoms with Crippen LogP contribution in [0.25, 0.3) is 11.4 Å². The van der Waals surface area contributed by atoms with Gasteiger partial charge in [-0.05, 0) is 19.1 Å². The second-order valence-corrected chi connectivity index (χ2v) is 5.83. The monoisotopic (exact) mass is 363 g/mol. The van der Waals surface area contributed by atoms with E-state index in [1.165, 1.54) is 23.4 Å². The molecule has 0 bridgehead atoms. The van der Waals surface area contributed by atoms with Gasteiger partial charge in [-0.1, -0.05) is 24.3 Å². The lowest BCUT2D eigenvalue weighted by Crippen LogP contribution is -2.12. The van der Waals surface area contributed by atoms with Gasteiger partial charge in [-0.2, -0.15) is 5.10 Å². The third kappa shape index (κ3) is 4.24. The van der Waals surface area contributed by atoms with E-state index >= 15 is 0 Å². The van der Waals surface area contributed by atoms with Crippen LogP contribution >= 0.6 is 0 Å². The number of nitro benzene ring substituents is 1. The fourth-order valence-electron chi connectivity index (χ4n) is 2.43. The predicted octanol–water partition coefficient (Wildman–Crippen LogP) is 3.54. The van der Waals surface area contributed by atoms with Crippen LogP contribution in [0.15, 0.2) is 59.7 Å². The van der Waals surface area contributed by atoms with E-state index in [1.807, 2.05) is 6.92 Å². The lowest BCUT2D eigenvalue weighted by Gasteiger charge is -2.14. The summed E-state index contributed by atoms with van der Waals surface area (Å²) >= 11 is 0. The van der Waals surface area contributed by atoms with Crippen molar-refractivity contribution in [1.29, 1.82) is 0 Å². The number of aromatic hydroxyl groups is 1. The number of phenolic OH excluding ortho intramolecular Hbond substituents is 1. The van der Waals surface area contributed by atoms with Crippen molar-refractivity contribution in [2.45, 2.75) is 6.92 Å². The van der Waals surface area contributed by atoms with Gasteiger partial charge in [0.1, 0.15) is 5.75 Å². The normalized spacial score (nSPS) is 10.9. The molecule has 0 aliphatic rings. The first-order valence-electron chi connectivity index (χ1n) is 8.10. The molecule has 3 rings (SSSR count). The minimum absolute atomic E-state index is 0.00122. The van der Waals surface area contributed by atoms with Gasteiger partial charge in [0.15, 0.2) is 11.6 Å². The summed E-state index contributed by atoms with van der Waals surface area (Å²) < 4.78 is 0. The molecule has 0 fully saturated rings. The summed E-state index contributed by atoms with van der Waals surface area (Å²) in [6, 6.07) is 14.8. The fraction of sp³-hybridized carbons (Fsp3) is 0.105. The van der Waals surface area contributed by atoms with Crippen LogP contribution < -0.4 is 5.01 Å². The van der Waals surface area contributed by atoms with Gasteiger partial charge in [-0.3, -0.25) is 15.1 Å². The van der Waals surface area contributed by atoms with Gasteiger partial charge in [0.05, 0.1) is 16.7 Å². The van der Waals surface area contributed by atoms with Crippen LogP contribution in [0.4, 0.5) is 11.5 Å². The minimum Gasteiger partial charge on any atom is -0.507 e. The first kappa shape index (κ1) is 18.0. The highest BCUT2D eigenvalue weighted by atomic mass is 16.6. The predicted molar refractivity (Wildman–Crippen MR) is 103 cm³/mol. The lowest BCUT2D eigenvalue weighted by molar-refractivity contribution is -0.384. The molecule has 0 saturated carbocycles. The Kier molecular flexibility index (Phi) is 5.07. The standard InChI is InChI=1S/C19H17N5O3/c1-13-10-18(22-19(21-13)16-8-3-4-9-17(16)25)23(2)20-12-14-6-5-7-15(11-14)24(26)27/h3-12,25H,1-2H3/b20-12+. The molecule has 0 amide bonds. The third-order valence-electron chi connectivity index (χ3n) is 3.78. The third-order valence-corrected chi connectivity index (χ3v) is 3.78. The van der Waals surface area contributed by atoms with Crippen LogP contribution in [0.2, 0.25) is 0 Å². The van der Waals surface area contributed by atoms with Crippen molar-refractivity contribution in [3.8, 4) is 17.1 Å². The molecule has 3 aromatic rings. The van der Waals surface area contributed by atoms with E-state index < -0.39 is 4.92 Å². The fourth-order valence-corrected chi connectivity index (χ4v) is 2.43. The zero-order chi connectivity index (χ0) is 19.4. The average Bonchev–Trinajstić information content (AvgIpc) is 2.66. The summed E-state index contributed by atoms with van der Waals surface area (Å²) in [6.45, 7) is 1.83. The van der Waals surface area contributed by atoms with Crippen molar-refractivity contribution in [1.82, 2.24) is 9.97 Å². The Morgan fingerprint density at radius 2 is 1.93 bits per heavy atom. The Morgan fingerprint density at radius 1 is 1.15 bits per heavy atom. The number of hydrazone groups is 1. The van der Waals surface area contributed by atoms with Crippen molar-refractivity contribution in [2.75, 3.05) is 12.1 Å². The van der Waals surface area contributed by atoms with E-state index in [0.717, 1.165) is 5.69 Å². The highest BCUT2D eigenvalue weighted by molar-refractivity contribution is 5.81. The number of rotatable bonds is 5. The van der Waals surface area contributed by atoms with Crippen LogP contribution in [0.5, 0.6) is 5.75 Å². The van der Waals surface area contributed by atoms with Gasteiger partial charge in [0.2, 0.25) is 0 Å². The quantitative estimate of drug-likeness (QED) is 0.422. The van der Waals surface area contributed by atoms with Crippen LogP contribution in [0.3, 0.4) is 0 Å². The summed E-state index contributed by atoms with van der Waals surface area (Å²) in [4.78, 5) is 19.2. The Bertz CT molecular complexity index is 1020.